The van der Waals surface area contributed by atoms with E-state index in [9.17, 15) is 10.2 Å². The van der Waals surface area contributed by atoms with E-state index in [-0.39, 0.29) is 25.0 Å². The zero-order valence-corrected chi connectivity index (χ0v) is 19.6. The number of aliphatic hydroxyl groups excluding tert-OH is 2. The first-order valence-corrected chi connectivity index (χ1v) is 10.3. The number of hydrogen-bond acceptors (Lipinski definition) is 8. The first-order valence-electron chi connectivity index (χ1n) is 10.3. The van der Waals surface area contributed by atoms with Crippen LogP contribution in [0.3, 0.4) is 0 Å². The van der Waals surface area contributed by atoms with Gasteiger partial charge in [0.15, 0.2) is 23.0 Å². The van der Waals surface area contributed by atoms with Gasteiger partial charge in [-0.1, -0.05) is 0 Å². The lowest BCUT2D eigenvalue weighted by molar-refractivity contribution is 0.119. The summed E-state index contributed by atoms with van der Waals surface area (Å²) in [5.74, 6) is 2.79. The summed E-state index contributed by atoms with van der Waals surface area (Å²) < 4.78 is 32.5. The molecular weight excluding hydrogens is 416 g/mol. The van der Waals surface area contributed by atoms with Crippen molar-refractivity contribution in [2.24, 2.45) is 11.8 Å². The van der Waals surface area contributed by atoms with Crippen molar-refractivity contribution >= 4 is 0 Å². The molecule has 8 nitrogen and oxygen atoms in total. The summed E-state index contributed by atoms with van der Waals surface area (Å²) in [6.07, 6.45) is 1.03. The van der Waals surface area contributed by atoms with Gasteiger partial charge >= 0.3 is 0 Å². The maximum absolute atomic E-state index is 10.1. The molecule has 32 heavy (non-hydrogen) atoms. The van der Waals surface area contributed by atoms with E-state index in [2.05, 4.69) is 0 Å². The molecule has 0 saturated heterocycles. The molecule has 0 aliphatic heterocycles. The number of benzene rings is 2. The van der Waals surface area contributed by atoms with Gasteiger partial charge < -0.3 is 38.6 Å². The molecule has 0 aromatic heterocycles. The van der Waals surface area contributed by atoms with Crippen molar-refractivity contribution < 1.29 is 38.6 Å². The summed E-state index contributed by atoms with van der Waals surface area (Å²) in [5.41, 5.74) is 1.81. The molecule has 0 fully saturated rings. The van der Waals surface area contributed by atoms with Crippen LogP contribution in [0.2, 0.25) is 0 Å². The van der Waals surface area contributed by atoms with E-state index in [1.54, 1.807) is 42.7 Å². The highest BCUT2D eigenvalue weighted by Gasteiger charge is 2.24. The third-order valence-electron chi connectivity index (χ3n) is 5.58. The van der Waals surface area contributed by atoms with Crippen LogP contribution >= 0.6 is 0 Å². The molecule has 0 spiro atoms. The van der Waals surface area contributed by atoms with E-state index in [0.29, 0.717) is 47.3 Å². The summed E-state index contributed by atoms with van der Waals surface area (Å²) in [6.45, 7) is -0.182. The molecule has 0 aliphatic rings. The van der Waals surface area contributed by atoms with Gasteiger partial charge in [0, 0.05) is 13.2 Å². The van der Waals surface area contributed by atoms with Crippen LogP contribution in [0, 0.1) is 11.8 Å². The van der Waals surface area contributed by atoms with Gasteiger partial charge in [0.05, 0.1) is 42.7 Å². The summed E-state index contributed by atoms with van der Waals surface area (Å²) in [6, 6.07) is 7.44. The Labute approximate surface area is 189 Å². The molecule has 2 atom stereocenters. The second-order valence-electron chi connectivity index (χ2n) is 7.36. The van der Waals surface area contributed by atoms with Crippen LogP contribution in [0.15, 0.2) is 24.3 Å². The van der Waals surface area contributed by atoms with Crippen molar-refractivity contribution in [2.75, 3.05) is 55.9 Å². The molecule has 2 aromatic carbocycles. The largest absolute Gasteiger partial charge is 0.493 e. The van der Waals surface area contributed by atoms with Gasteiger partial charge in [0.2, 0.25) is 11.5 Å². The Hall–Kier alpha value is -2.84. The van der Waals surface area contributed by atoms with Crippen LogP contribution in [0.4, 0.5) is 0 Å². The molecule has 0 heterocycles. The van der Waals surface area contributed by atoms with Gasteiger partial charge in [-0.05, 0) is 60.1 Å². The maximum Gasteiger partial charge on any atom is 0.203 e. The SMILES string of the molecule is COc1cc(C[C@@H](CO)[C@H](CO)Cc2cc(OC)c(OC)c(OC)c2)cc(OC)c1OC. The van der Waals surface area contributed by atoms with E-state index in [4.69, 9.17) is 28.4 Å². The summed E-state index contributed by atoms with van der Waals surface area (Å²) in [4.78, 5) is 0. The quantitative estimate of drug-likeness (QED) is 0.481. The minimum absolute atomic E-state index is 0.0910. The highest BCUT2D eigenvalue weighted by molar-refractivity contribution is 5.55. The Balaban J connectivity index is 2.32. The summed E-state index contributed by atoms with van der Waals surface area (Å²) in [7, 11) is 9.35. The van der Waals surface area contributed by atoms with Crippen molar-refractivity contribution in [3.8, 4) is 34.5 Å². The monoisotopic (exact) mass is 450 g/mol. The molecular formula is C24H34O8. The van der Waals surface area contributed by atoms with Crippen LogP contribution in [0.1, 0.15) is 11.1 Å². The van der Waals surface area contributed by atoms with E-state index in [1.807, 2.05) is 24.3 Å². The Kier molecular flexibility index (Phi) is 9.74. The van der Waals surface area contributed by atoms with E-state index in [1.165, 1.54) is 0 Å². The number of methoxy groups -OCH3 is 6. The fraction of sp³-hybridized carbons (Fsp3) is 0.500. The van der Waals surface area contributed by atoms with Gasteiger partial charge in [-0.15, -0.1) is 0 Å². The topological polar surface area (TPSA) is 95.8 Å². The predicted molar refractivity (Wildman–Crippen MR) is 121 cm³/mol. The minimum Gasteiger partial charge on any atom is -0.493 e. The molecule has 8 heteroatoms. The van der Waals surface area contributed by atoms with Crippen LogP contribution in [0.5, 0.6) is 34.5 Å². The maximum atomic E-state index is 10.1. The fourth-order valence-electron chi connectivity index (χ4n) is 3.87. The Morgan fingerprint density at radius 1 is 0.531 bits per heavy atom. The Morgan fingerprint density at radius 3 is 1.00 bits per heavy atom. The van der Waals surface area contributed by atoms with Gasteiger partial charge in [-0.2, -0.15) is 0 Å². The molecule has 2 N–H and O–H groups in total. The molecule has 0 unspecified atom stereocenters. The first-order chi connectivity index (χ1) is 15.5. The lowest BCUT2D eigenvalue weighted by Crippen LogP contribution is -2.26. The van der Waals surface area contributed by atoms with Crippen molar-refractivity contribution in [3.63, 3.8) is 0 Å². The third-order valence-corrected chi connectivity index (χ3v) is 5.58. The van der Waals surface area contributed by atoms with Gasteiger partial charge in [-0.25, -0.2) is 0 Å². The summed E-state index contributed by atoms with van der Waals surface area (Å²) in [5, 5.41) is 20.3. The molecule has 0 amide bonds. The van der Waals surface area contributed by atoms with Crippen molar-refractivity contribution in [2.45, 2.75) is 12.8 Å². The molecule has 0 saturated carbocycles. The highest BCUT2D eigenvalue weighted by atomic mass is 16.5. The van der Waals surface area contributed by atoms with Crippen LogP contribution in [-0.2, 0) is 12.8 Å². The second kappa shape index (κ2) is 12.3. The van der Waals surface area contributed by atoms with Crippen molar-refractivity contribution in [1.82, 2.24) is 0 Å². The fourth-order valence-corrected chi connectivity index (χ4v) is 3.87. The van der Waals surface area contributed by atoms with Crippen molar-refractivity contribution in [1.29, 1.82) is 0 Å². The van der Waals surface area contributed by atoms with Crippen LogP contribution in [-0.4, -0.2) is 66.1 Å². The zero-order chi connectivity index (χ0) is 23.7. The van der Waals surface area contributed by atoms with E-state index < -0.39 is 0 Å². The van der Waals surface area contributed by atoms with Crippen LogP contribution < -0.4 is 28.4 Å². The average Bonchev–Trinajstić information content (AvgIpc) is 2.84. The highest BCUT2D eigenvalue weighted by Crippen LogP contribution is 2.41. The Bertz CT molecular complexity index is 746. The van der Waals surface area contributed by atoms with E-state index in [0.717, 1.165) is 11.1 Å². The number of aliphatic hydroxyl groups is 2. The number of ether oxygens (including phenoxy) is 6. The van der Waals surface area contributed by atoms with Gasteiger partial charge in [-0.3, -0.25) is 0 Å². The van der Waals surface area contributed by atoms with Gasteiger partial charge in [0.1, 0.15) is 0 Å². The molecule has 178 valence electrons. The Morgan fingerprint density at radius 2 is 0.812 bits per heavy atom. The predicted octanol–water partition coefficient (Wildman–Crippen LogP) is 2.74. The molecule has 2 rings (SSSR count). The minimum atomic E-state index is -0.207. The zero-order valence-electron chi connectivity index (χ0n) is 19.6. The normalized spacial score (nSPS) is 12.6. The number of hydrogen-bond donors (Lipinski definition) is 2. The van der Waals surface area contributed by atoms with Crippen LogP contribution in [0.25, 0.3) is 0 Å². The summed E-state index contributed by atoms with van der Waals surface area (Å²) >= 11 is 0. The van der Waals surface area contributed by atoms with E-state index >= 15 is 0 Å². The van der Waals surface area contributed by atoms with Crippen molar-refractivity contribution in [3.05, 3.63) is 35.4 Å². The standard InChI is InChI=1S/C24H34O8/c1-27-19-9-15(10-20(28-2)23(19)31-5)7-17(13-25)18(14-26)8-16-11-21(29-3)24(32-6)22(12-16)30-4/h9-12,17-18,25-26H,7-8,13-14H2,1-6H3/t17-,18-/m0/s1. The lowest BCUT2D eigenvalue weighted by Gasteiger charge is -2.25. The van der Waals surface area contributed by atoms with Gasteiger partial charge in [0.25, 0.3) is 0 Å². The first kappa shape index (κ1) is 25.4. The third kappa shape index (κ3) is 5.69. The molecule has 0 radical (unpaired) electrons. The lowest BCUT2D eigenvalue weighted by atomic mass is 9.83. The molecule has 2 aromatic rings. The molecule has 0 bridgehead atoms. The number of rotatable bonds is 13. The average molecular weight is 451 g/mol. The smallest absolute Gasteiger partial charge is 0.203 e. The molecule has 0 aliphatic carbocycles. The second-order valence-corrected chi connectivity index (χ2v) is 7.36.